The molecule has 0 amide bonds. The van der Waals surface area contributed by atoms with E-state index >= 15 is 0 Å². The lowest BCUT2D eigenvalue weighted by molar-refractivity contribution is 0.895. The van der Waals surface area contributed by atoms with Crippen LogP contribution in [0.4, 0.5) is 0 Å². The molecule has 1 aliphatic carbocycles. The molecule has 1 aliphatic heterocycles. The highest BCUT2D eigenvalue weighted by molar-refractivity contribution is 5.70. The Labute approximate surface area is 106 Å². The maximum absolute atomic E-state index is 2.30. The van der Waals surface area contributed by atoms with E-state index in [9.17, 15) is 0 Å². The zero-order chi connectivity index (χ0) is 11.9. The molecule has 18 heavy (non-hydrogen) atoms. The molecule has 1 atom stereocenters. The third-order valence-corrected chi connectivity index (χ3v) is 3.68. The Morgan fingerprint density at radius 1 is 0.944 bits per heavy atom. The topological polar surface area (TPSA) is 4.93 Å². The Bertz CT molecular complexity index is 698. The van der Waals surface area contributed by atoms with Crippen LogP contribution in [0.2, 0.25) is 0 Å². The molecule has 0 N–H and O–H groups in total. The lowest BCUT2D eigenvalue weighted by atomic mass is 9.91. The number of nitrogens with zero attached hydrogens (tertiary/aromatic N) is 1. The quantitative estimate of drug-likeness (QED) is 0.643. The van der Waals surface area contributed by atoms with Crippen LogP contribution in [0.1, 0.15) is 17.2 Å². The molecule has 2 aliphatic rings. The lowest BCUT2D eigenvalue weighted by Gasteiger charge is -2.16. The Morgan fingerprint density at radius 2 is 1.89 bits per heavy atom. The van der Waals surface area contributed by atoms with Gasteiger partial charge in [-0.05, 0) is 35.4 Å². The highest BCUT2D eigenvalue weighted by atomic mass is 15.0. The number of rotatable bonds is 0. The molecule has 0 bridgehead atoms. The Kier molecular flexibility index (Phi) is 1.95. The van der Waals surface area contributed by atoms with Crippen LogP contribution in [0.3, 0.4) is 0 Å². The van der Waals surface area contributed by atoms with E-state index in [1.807, 2.05) is 0 Å². The summed E-state index contributed by atoms with van der Waals surface area (Å²) >= 11 is 0. The van der Waals surface area contributed by atoms with E-state index < -0.39 is 0 Å². The molecule has 1 aromatic heterocycles. The predicted octanol–water partition coefficient (Wildman–Crippen LogP) is 4.08. The third kappa shape index (κ3) is 1.28. The number of allylic oxidation sites excluding steroid dienone is 5. The maximum atomic E-state index is 2.30. The number of fused-ring (bicyclic) bond motifs is 5. The average molecular weight is 231 g/mol. The molecule has 2 aromatic rings. The second-order valence-electron chi connectivity index (χ2n) is 4.73. The highest BCUT2D eigenvalue weighted by Crippen LogP contribution is 2.36. The molecule has 0 fully saturated rings. The smallest absolute Gasteiger partial charge is 0.0525 e. The third-order valence-electron chi connectivity index (χ3n) is 3.68. The van der Waals surface area contributed by atoms with Gasteiger partial charge in [-0.1, -0.05) is 42.5 Å². The molecule has 0 saturated carbocycles. The number of para-hydroxylation sites is 1. The number of hydrogen-bond donors (Lipinski definition) is 0. The van der Waals surface area contributed by atoms with Crippen molar-refractivity contribution in [2.75, 3.05) is 0 Å². The molecule has 1 heteroatoms. The summed E-state index contributed by atoms with van der Waals surface area (Å²) in [5.41, 5.74) is 5.25. The van der Waals surface area contributed by atoms with Gasteiger partial charge in [-0.25, -0.2) is 0 Å². The minimum atomic E-state index is 0.373. The first-order chi connectivity index (χ1) is 8.93. The normalized spacial score (nSPS) is 19.6. The van der Waals surface area contributed by atoms with Gasteiger partial charge in [0.25, 0.3) is 0 Å². The second-order valence-corrected chi connectivity index (χ2v) is 4.73. The molecule has 1 aromatic carbocycles. The average Bonchev–Trinajstić information content (AvgIpc) is 2.84. The van der Waals surface area contributed by atoms with Crippen LogP contribution in [0.5, 0.6) is 0 Å². The van der Waals surface area contributed by atoms with Crippen LogP contribution in [0.15, 0.2) is 72.5 Å². The molecular formula is C17H13N. The van der Waals surface area contributed by atoms with Crippen LogP contribution in [0, 0.1) is 0 Å². The fraction of sp³-hybridized carbons (Fsp3) is 0.0588. The standard InChI is InChI=1S/C17H13N/c1-3-8-15-13(6-1)12-14-7-2-4-9-16(14)18-11-5-10-17(15)18/h1-12,15H. The summed E-state index contributed by atoms with van der Waals surface area (Å²) in [6.07, 6.45) is 13.2. The summed E-state index contributed by atoms with van der Waals surface area (Å²) in [4.78, 5) is 0. The van der Waals surface area contributed by atoms with Crippen LogP contribution in [-0.4, -0.2) is 4.57 Å². The summed E-state index contributed by atoms with van der Waals surface area (Å²) in [6.45, 7) is 0. The van der Waals surface area contributed by atoms with Crippen LogP contribution in [-0.2, 0) is 0 Å². The molecule has 86 valence electrons. The molecule has 1 unspecified atom stereocenters. The van der Waals surface area contributed by atoms with Crippen molar-refractivity contribution in [2.45, 2.75) is 5.92 Å². The van der Waals surface area contributed by atoms with Crippen molar-refractivity contribution in [2.24, 2.45) is 0 Å². The van der Waals surface area contributed by atoms with Gasteiger partial charge < -0.3 is 4.57 Å². The van der Waals surface area contributed by atoms with E-state index in [0.717, 1.165) is 0 Å². The first-order valence-corrected chi connectivity index (χ1v) is 6.26. The zero-order valence-corrected chi connectivity index (χ0v) is 9.95. The van der Waals surface area contributed by atoms with Gasteiger partial charge in [0.05, 0.1) is 5.69 Å². The molecule has 0 spiro atoms. The van der Waals surface area contributed by atoms with Crippen molar-refractivity contribution in [1.29, 1.82) is 0 Å². The van der Waals surface area contributed by atoms with E-state index in [-0.39, 0.29) is 0 Å². The van der Waals surface area contributed by atoms with Crippen molar-refractivity contribution in [3.8, 4) is 5.69 Å². The molecule has 0 saturated heterocycles. The number of aromatic nitrogens is 1. The SMILES string of the molecule is C1=CC2=Cc3ccccc3-n3cccc3C2C=C1. The molecule has 1 nitrogen and oxygen atoms in total. The summed E-state index contributed by atoms with van der Waals surface area (Å²) in [5.74, 6) is 0.373. The fourth-order valence-corrected chi connectivity index (χ4v) is 2.84. The Balaban J connectivity index is 2.08. The fourth-order valence-electron chi connectivity index (χ4n) is 2.84. The maximum Gasteiger partial charge on any atom is 0.0525 e. The summed E-state index contributed by atoms with van der Waals surface area (Å²) in [5, 5.41) is 0. The van der Waals surface area contributed by atoms with E-state index in [1.54, 1.807) is 0 Å². The van der Waals surface area contributed by atoms with Crippen LogP contribution >= 0.6 is 0 Å². The molecule has 2 heterocycles. The van der Waals surface area contributed by atoms with Crippen molar-refractivity contribution >= 4 is 6.08 Å². The number of hydrogen-bond acceptors (Lipinski definition) is 0. The van der Waals surface area contributed by atoms with E-state index in [4.69, 9.17) is 0 Å². The van der Waals surface area contributed by atoms with Gasteiger partial charge in [0.15, 0.2) is 0 Å². The van der Waals surface area contributed by atoms with Gasteiger partial charge in [-0.2, -0.15) is 0 Å². The van der Waals surface area contributed by atoms with Crippen molar-refractivity contribution in [3.63, 3.8) is 0 Å². The van der Waals surface area contributed by atoms with Gasteiger partial charge in [-0.15, -0.1) is 0 Å². The minimum Gasteiger partial charge on any atom is -0.319 e. The lowest BCUT2D eigenvalue weighted by Crippen LogP contribution is -2.04. The summed E-state index contributed by atoms with van der Waals surface area (Å²) in [7, 11) is 0. The largest absolute Gasteiger partial charge is 0.319 e. The molecular weight excluding hydrogens is 218 g/mol. The van der Waals surface area contributed by atoms with Gasteiger partial charge in [0.2, 0.25) is 0 Å². The van der Waals surface area contributed by atoms with E-state index in [1.165, 1.54) is 22.5 Å². The van der Waals surface area contributed by atoms with Gasteiger partial charge in [0.1, 0.15) is 0 Å². The van der Waals surface area contributed by atoms with Crippen molar-refractivity contribution < 1.29 is 0 Å². The zero-order valence-electron chi connectivity index (χ0n) is 9.95. The van der Waals surface area contributed by atoms with Crippen LogP contribution in [0.25, 0.3) is 11.8 Å². The van der Waals surface area contributed by atoms with Gasteiger partial charge in [0, 0.05) is 17.8 Å². The van der Waals surface area contributed by atoms with Crippen molar-refractivity contribution in [1.82, 2.24) is 4.57 Å². The first kappa shape index (κ1) is 9.72. The van der Waals surface area contributed by atoms with E-state index in [0.29, 0.717) is 5.92 Å². The van der Waals surface area contributed by atoms with Crippen LogP contribution < -0.4 is 0 Å². The molecule has 0 radical (unpaired) electrons. The Morgan fingerprint density at radius 3 is 2.89 bits per heavy atom. The second kappa shape index (κ2) is 3.61. The predicted molar refractivity (Wildman–Crippen MR) is 74.8 cm³/mol. The van der Waals surface area contributed by atoms with E-state index in [2.05, 4.69) is 77.5 Å². The van der Waals surface area contributed by atoms with Crippen molar-refractivity contribution in [3.05, 3.63) is 83.7 Å². The molecule has 4 rings (SSSR count). The summed E-state index contributed by atoms with van der Waals surface area (Å²) < 4.78 is 2.30. The van der Waals surface area contributed by atoms with Gasteiger partial charge in [-0.3, -0.25) is 0 Å². The Hall–Kier alpha value is -2.28. The van der Waals surface area contributed by atoms with Gasteiger partial charge >= 0.3 is 0 Å². The minimum absolute atomic E-state index is 0.373. The number of benzene rings is 1. The summed E-state index contributed by atoms with van der Waals surface area (Å²) in [6, 6.07) is 12.9. The first-order valence-electron chi connectivity index (χ1n) is 6.26. The highest BCUT2D eigenvalue weighted by Gasteiger charge is 2.21. The monoisotopic (exact) mass is 231 g/mol.